The van der Waals surface area contributed by atoms with E-state index in [0.717, 1.165) is 11.5 Å². The van der Waals surface area contributed by atoms with Crippen LogP contribution in [0.5, 0.6) is 5.75 Å². The minimum atomic E-state index is -4.55. The Bertz CT molecular complexity index is 1120. The number of aromatic nitrogens is 2. The molecule has 2 aromatic carbocycles. The van der Waals surface area contributed by atoms with Crippen LogP contribution in [0, 0.1) is 11.8 Å². The molecular weight excluding hydrogens is 407 g/mol. The molecule has 2 N–H and O–H groups in total. The molecule has 0 aliphatic carbocycles. The van der Waals surface area contributed by atoms with Gasteiger partial charge in [0.2, 0.25) is 0 Å². The number of benzene rings is 2. The van der Waals surface area contributed by atoms with E-state index in [-0.39, 0.29) is 17.4 Å². The van der Waals surface area contributed by atoms with Gasteiger partial charge in [-0.2, -0.15) is 13.2 Å². The van der Waals surface area contributed by atoms with Crippen LogP contribution in [-0.2, 0) is 6.18 Å². The minimum absolute atomic E-state index is 0.00967. The zero-order chi connectivity index (χ0) is 22.6. The summed E-state index contributed by atoms with van der Waals surface area (Å²) in [4.78, 5) is 2.08. The molecule has 4 rings (SSSR count). The lowest BCUT2D eigenvalue weighted by Crippen LogP contribution is -2.55. The van der Waals surface area contributed by atoms with E-state index >= 15 is 0 Å². The van der Waals surface area contributed by atoms with E-state index in [1.165, 1.54) is 6.07 Å². The minimum Gasteiger partial charge on any atom is -0.507 e. The lowest BCUT2D eigenvalue weighted by Gasteiger charge is -2.46. The van der Waals surface area contributed by atoms with Crippen LogP contribution in [0.3, 0.4) is 0 Å². The summed E-state index contributed by atoms with van der Waals surface area (Å²) in [6.45, 7) is 7.03. The van der Waals surface area contributed by atoms with Crippen molar-refractivity contribution in [3.63, 3.8) is 0 Å². The second-order valence-electron chi connectivity index (χ2n) is 8.58. The van der Waals surface area contributed by atoms with Crippen molar-refractivity contribution in [3.8, 4) is 17.0 Å². The maximum Gasteiger partial charge on any atom is 0.416 e. The summed E-state index contributed by atoms with van der Waals surface area (Å²) >= 11 is 0. The quantitative estimate of drug-likeness (QED) is 0.606. The zero-order valence-corrected chi connectivity index (χ0v) is 17.5. The molecule has 0 amide bonds. The van der Waals surface area contributed by atoms with E-state index < -0.39 is 23.1 Å². The van der Waals surface area contributed by atoms with Gasteiger partial charge in [-0.05, 0) is 25.1 Å². The SMILES string of the molecule is CC1CN(c2nnc(-c3ccc(C(F)(F)F)cc3O)c3ccccc23)CC(C)C1(C)O. The van der Waals surface area contributed by atoms with Crippen molar-refractivity contribution >= 4 is 16.6 Å². The Balaban J connectivity index is 1.80. The average Bonchev–Trinajstić information content (AvgIpc) is 2.71. The molecule has 2 atom stereocenters. The van der Waals surface area contributed by atoms with Gasteiger partial charge in [-0.3, -0.25) is 0 Å². The number of fused-ring (bicyclic) bond motifs is 1. The van der Waals surface area contributed by atoms with Crippen molar-refractivity contribution in [1.82, 2.24) is 10.2 Å². The fourth-order valence-corrected chi connectivity index (χ4v) is 4.19. The Kier molecular flexibility index (Phi) is 5.08. The maximum absolute atomic E-state index is 13.0. The molecule has 31 heavy (non-hydrogen) atoms. The molecule has 164 valence electrons. The molecule has 0 bridgehead atoms. The topological polar surface area (TPSA) is 69.5 Å². The second-order valence-corrected chi connectivity index (χ2v) is 8.58. The number of aliphatic hydroxyl groups is 1. The number of halogens is 3. The molecule has 1 saturated heterocycles. The molecule has 2 unspecified atom stereocenters. The van der Waals surface area contributed by atoms with E-state index in [4.69, 9.17) is 0 Å². The van der Waals surface area contributed by atoms with E-state index in [9.17, 15) is 23.4 Å². The predicted molar refractivity (Wildman–Crippen MR) is 113 cm³/mol. The standard InChI is InChI=1S/C23H24F3N3O2/c1-13-11-29(12-14(2)22(13,3)31)21-17-7-5-4-6-16(17)20(27-28-21)18-9-8-15(10-19(18)30)23(24,25)26/h4-10,13-14,30-31H,11-12H2,1-3H3. The highest BCUT2D eigenvalue weighted by atomic mass is 19.4. The fraction of sp³-hybridized carbons (Fsp3) is 0.391. The maximum atomic E-state index is 13.0. The molecule has 3 aromatic rings. The van der Waals surface area contributed by atoms with Gasteiger partial charge in [-0.25, -0.2) is 0 Å². The third kappa shape index (κ3) is 3.69. The molecule has 0 spiro atoms. The van der Waals surface area contributed by atoms with Crippen molar-refractivity contribution in [2.45, 2.75) is 32.5 Å². The first-order chi connectivity index (χ1) is 14.5. The number of rotatable bonds is 2. The summed E-state index contributed by atoms with van der Waals surface area (Å²) in [5.74, 6) is 0.170. The Hall–Kier alpha value is -2.87. The van der Waals surface area contributed by atoms with Crippen LogP contribution in [0.1, 0.15) is 26.3 Å². The zero-order valence-electron chi connectivity index (χ0n) is 17.5. The number of piperidine rings is 1. The number of hydrogen-bond donors (Lipinski definition) is 2. The molecule has 2 heterocycles. The molecule has 1 aromatic heterocycles. The summed E-state index contributed by atoms with van der Waals surface area (Å²) in [7, 11) is 0. The van der Waals surface area contributed by atoms with Crippen molar-refractivity contribution < 1.29 is 23.4 Å². The van der Waals surface area contributed by atoms with Crippen molar-refractivity contribution in [1.29, 1.82) is 0 Å². The summed E-state index contributed by atoms with van der Waals surface area (Å²) in [5.41, 5.74) is -1.21. The van der Waals surface area contributed by atoms with Crippen LogP contribution in [0.4, 0.5) is 19.0 Å². The van der Waals surface area contributed by atoms with Gasteiger partial charge in [0, 0.05) is 41.3 Å². The molecule has 1 aliphatic rings. The Morgan fingerprint density at radius 1 is 1.00 bits per heavy atom. The Morgan fingerprint density at radius 2 is 1.61 bits per heavy atom. The van der Waals surface area contributed by atoms with E-state index in [0.29, 0.717) is 36.1 Å². The highest BCUT2D eigenvalue weighted by Gasteiger charge is 2.41. The predicted octanol–water partition coefficient (Wildman–Crippen LogP) is 4.86. The number of aromatic hydroxyl groups is 1. The number of hydrogen-bond acceptors (Lipinski definition) is 5. The van der Waals surface area contributed by atoms with E-state index in [2.05, 4.69) is 15.1 Å². The van der Waals surface area contributed by atoms with Crippen LogP contribution in [-0.4, -0.2) is 39.1 Å². The average molecular weight is 431 g/mol. The summed E-state index contributed by atoms with van der Waals surface area (Å²) in [5, 5.41) is 31.2. The number of anilines is 1. The van der Waals surface area contributed by atoms with E-state index in [1.54, 1.807) is 0 Å². The monoisotopic (exact) mass is 431 g/mol. The van der Waals surface area contributed by atoms with Gasteiger partial charge in [-0.15, -0.1) is 10.2 Å². The molecule has 5 nitrogen and oxygen atoms in total. The van der Waals surface area contributed by atoms with Crippen LogP contribution >= 0.6 is 0 Å². The lowest BCUT2D eigenvalue weighted by molar-refractivity contribution is -0.137. The van der Waals surface area contributed by atoms with Gasteiger partial charge in [0.05, 0.1) is 11.2 Å². The first kappa shape index (κ1) is 21.4. The molecule has 0 radical (unpaired) electrons. The Labute approximate surface area is 178 Å². The number of phenolic OH excluding ortho intramolecular Hbond substituents is 1. The van der Waals surface area contributed by atoms with Gasteiger partial charge in [0.15, 0.2) is 5.82 Å². The molecule has 8 heteroatoms. The number of alkyl halides is 3. The van der Waals surface area contributed by atoms with Crippen LogP contribution < -0.4 is 4.90 Å². The van der Waals surface area contributed by atoms with Crippen molar-refractivity contribution in [3.05, 3.63) is 48.0 Å². The number of phenols is 1. The summed E-state index contributed by atoms with van der Waals surface area (Å²) in [6.07, 6.45) is -4.55. The normalized spacial score (nSPS) is 24.5. The van der Waals surface area contributed by atoms with Gasteiger partial charge in [-0.1, -0.05) is 38.1 Å². The van der Waals surface area contributed by atoms with Crippen molar-refractivity contribution in [2.24, 2.45) is 11.8 Å². The lowest BCUT2D eigenvalue weighted by atomic mass is 9.76. The third-order valence-electron chi connectivity index (χ3n) is 6.53. The van der Waals surface area contributed by atoms with E-state index in [1.807, 2.05) is 45.0 Å². The van der Waals surface area contributed by atoms with Crippen LogP contribution in [0.15, 0.2) is 42.5 Å². The molecule has 0 saturated carbocycles. The third-order valence-corrected chi connectivity index (χ3v) is 6.53. The molecular formula is C23H24F3N3O2. The summed E-state index contributed by atoms with van der Waals surface area (Å²) < 4.78 is 38.9. The second kappa shape index (κ2) is 7.37. The van der Waals surface area contributed by atoms with Crippen molar-refractivity contribution in [2.75, 3.05) is 18.0 Å². The highest BCUT2D eigenvalue weighted by molar-refractivity contribution is 6.01. The van der Waals surface area contributed by atoms with Gasteiger partial charge >= 0.3 is 6.18 Å². The summed E-state index contributed by atoms with van der Waals surface area (Å²) in [6, 6.07) is 10.2. The molecule has 1 fully saturated rings. The van der Waals surface area contributed by atoms with Crippen LogP contribution in [0.25, 0.3) is 22.0 Å². The first-order valence-corrected chi connectivity index (χ1v) is 10.1. The first-order valence-electron chi connectivity index (χ1n) is 10.1. The largest absolute Gasteiger partial charge is 0.507 e. The van der Waals surface area contributed by atoms with Gasteiger partial charge in [0.25, 0.3) is 0 Å². The number of nitrogens with zero attached hydrogens (tertiary/aromatic N) is 3. The van der Waals surface area contributed by atoms with Crippen LogP contribution in [0.2, 0.25) is 0 Å². The van der Waals surface area contributed by atoms with Gasteiger partial charge in [0.1, 0.15) is 11.4 Å². The smallest absolute Gasteiger partial charge is 0.416 e. The highest BCUT2D eigenvalue weighted by Crippen LogP contribution is 2.40. The Morgan fingerprint density at radius 3 is 2.19 bits per heavy atom. The fourth-order valence-electron chi connectivity index (χ4n) is 4.19. The molecule has 1 aliphatic heterocycles. The van der Waals surface area contributed by atoms with Gasteiger partial charge < -0.3 is 15.1 Å².